The van der Waals surface area contributed by atoms with Gasteiger partial charge in [0.05, 0.1) is 0 Å². The molecule has 2 rings (SSSR count). The molecule has 1 heterocycles. The summed E-state index contributed by atoms with van der Waals surface area (Å²) < 4.78 is 13.3. The van der Waals surface area contributed by atoms with Gasteiger partial charge < -0.3 is 9.88 Å². The van der Waals surface area contributed by atoms with Crippen molar-refractivity contribution in [2.24, 2.45) is 0 Å². The average molecular weight is 330 g/mol. The number of nitrogens with one attached hydrogen (secondary N) is 1. The molecule has 0 atom stereocenters. The molecule has 0 aliphatic heterocycles. The van der Waals surface area contributed by atoms with Crippen LogP contribution in [0, 0.1) is 12.7 Å². The molecule has 0 saturated carbocycles. The molecule has 0 fully saturated rings. The third-order valence-electron chi connectivity index (χ3n) is 4.01. The Morgan fingerprint density at radius 3 is 2.58 bits per heavy atom. The summed E-state index contributed by atoms with van der Waals surface area (Å²) in [5, 5.41) is 0. The fourth-order valence-corrected chi connectivity index (χ4v) is 3.01. The van der Waals surface area contributed by atoms with Crippen molar-refractivity contribution in [2.75, 3.05) is 7.05 Å². The van der Waals surface area contributed by atoms with Gasteiger partial charge >= 0.3 is 0 Å². The van der Waals surface area contributed by atoms with Crippen molar-refractivity contribution < 1.29 is 14.0 Å². The largest absolute Gasteiger partial charge is 0.354 e. The number of ketones is 1. The highest BCUT2D eigenvalue weighted by Gasteiger charge is 2.24. The predicted molar refractivity (Wildman–Crippen MR) is 91.7 cm³/mol. The standard InChI is InChI=1S/C19H23FN2O2/c1-5-7-16-17(13(3)23)12(2)21-18(16)19(24)22(4)11-14-8-6-9-15(20)10-14/h6,8-10,21H,5,7,11H2,1-4H3. The summed E-state index contributed by atoms with van der Waals surface area (Å²) >= 11 is 0. The number of rotatable bonds is 6. The zero-order valence-corrected chi connectivity index (χ0v) is 14.6. The fourth-order valence-electron chi connectivity index (χ4n) is 3.01. The Morgan fingerprint density at radius 2 is 2.00 bits per heavy atom. The fraction of sp³-hybridized carbons (Fsp3) is 0.368. The number of hydrogen-bond donors (Lipinski definition) is 1. The topological polar surface area (TPSA) is 53.2 Å². The predicted octanol–water partition coefficient (Wildman–Crippen LogP) is 3.89. The van der Waals surface area contributed by atoms with Crippen molar-refractivity contribution in [3.63, 3.8) is 0 Å². The number of aryl methyl sites for hydroxylation is 1. The summed E-state index contributed by atoms with van der Waals surface area (Å²) in [4.78, 5) is 29.3. The van der Waals surface area contributed by atoms with Gasteiger partial charge in [-0.05, 0) is 43.5 Å². The monoisotopic (exact) mass is 330 g/mol. The van der Waals surface area contributed by atoms with Crippen LogP contribution in [0.25, 0.3) is 0 Å². The Bertz CT molecular complexity index is 765. The minimum atomic E-state index is -0.324. The first-order chi connectivity index (χ1) is 11.3. The summed E-state index contributed by atoms with van der Waals surface area (Å²) in [5.41, 5.74) is 3.28. The Kier molecular flexibility index (Phi) is 5.54. The van der Waals surface area contributed by atoms with Gasteiger partial charge in [0.2, 0.25) is 0 Å². The van der Waals surface area contributed by atoms with Crippen LogP contribution < -0.4 is 0 Å². The number of nitrogens with zero attached hydrogens (tertiary/aromatic N) is 1. The highest BCUT2D eigenvalue weighted by molar-refractivity contribution is 6.02. The second-order valence-electron chi connectivity index (χ2n) is 6.08. The van der Waals surface area contributed by atoms with Gasteiger partial charge in [0.1, 0.15) is 11.5 Å². The normalized spacial score (nSPS) is 10.7. The zero-order valence-electron chi connectivity index (χ0n) is 14.6. The number of H-pyrrole nitrogens is 1. The van der Waals surface area contributed by atoms with Gasteiger partial charge in [-0.25, -0.2) is 4.39 Å². The van der Waals surface area contributed by atoms with Gasteiger partial charge in [-0.3, -0.25) is 9.59 Å². The second kappa shape index (κ2) is 7.43. The van der Waals surface area contributed by atoms with E-state index in [-0.39, 0.29) is 17.5 Å². The number of aromatic nitrogens is 1. The van der Waals surface area contributed by atoms with Crippen molar-refractivity contribution in [3.8, 4) is 0 Å². The molecule has 0 bridgehead atoms. The van der Waals surface area contributed by atoms with E-state index < -0.39 is 0 Å². The molecule has 128 valence electrons. The summed E-state index contributed by atoms with van der Waals surface area (Å²) in [6, 6.07) is 6.19. The van der Waals surface area contributed by atoms with Crippen LogP contribution in [-0.4, -0.2) is 28.6 Å². The van der Waals surface area contributed by atoms with E-state index in [1.807, 2.05) is 6.92 Å². The molecule has 0 radical (unpaired) electrons. The number of carbonyl (C=O) groups is 2. The lowest BCUT2D eigenvalue weighted by Gasteiger charge is -2.17. The van der Waals surface area contributed by atoms with Crippen LogP contribution in [0.5, 0.6) is 0 Å². The Balaban J connectivity index is 2.31. The summed E-state index contributed by atoms with van der Waals surface area (Å²) in [5.74, 6) is -0.563. The lowest BCUT2D eigenvalue weighted by molar-refractivity contribution is 0.0778. The minimum absolute atomic E-state index is 0.0426. The lowest BCUT2D eigenvalue weighted by atomic mass is 10.0. The van der Waals surface area contributed by atoms with Crippen molar-refractivity contribution in [1.29, 1.82) is 0 Å². The van der Waals surface area contributed by atoms with Crippen LogP contribution >= 0.6 is 0 Å². The Hall–Kier alpha value is -2.43. The Labute approximate surface area is 141 Å². The highest BCUT2D eigenvalue weighted by Crippen LogP contribution is 2.23. The molecule has 1 amide bonds. The first-order valence-electron chi connectivity index (χ1n) is 8.07. The molecule has 5 heteroatoms. The minimum Gasteiger partial charge on any atom is -0.354 e. The summed E-state index contributed by atoms with van der Waals surface area (Å²) in [6.45, 7) is 5.63. The zero-order chi connectivity index (χ0) is 17.9. The molecule has 0 aliphatic carbocycles. The molecule has 0 aliphatic rings. The van der Waals surface area contributed by atoms with E-state index >= 15 is 0 Å². The number of carbonyl (C=O) groups excluding carboxylic acids is 2. The molecule has 0 spiro atoms. The summed E-state index contributed by atoms with van der Waals surface area (Å²) in [7, 11) is 1.67. The third-order valence-corrected chi connectivity index (χ3v) is 4.01. The van der Waals surface area contributed by atoms with Gasteiger partial charge in [-0.2, -0.15) is 0 Å². The van der Waals surface area contributed by atoms with E-state index in [2.05, 4.69) is 4.98 Å². The van der Waals surface area contributed by atoms with Crippen LogP contribution in [0.15, 0.2) is 24.3 Å². The van der Waals surface area contributed by atoms with E-state index in [1.54, 1.807) is 26.1 Å². The van der Waals surface area contributed by atoms with Gasteiger partial charge in [0.25, 0.3) is 5.91 Å². The maximum Gasteiger partial charge on any atom is 0.270 e. The summed E-state index contributed by atoms with van der Waals surface area (Å²) in [6.07, 6.45) is 1.50. The van der Waals surface area contributed by atoms with Gasteiger partial charge in [-0.1, -0.05) is 25.5 Å². The number of benzene rings is 1. The van der Waals surface area contributed by atoms with Crippen LogP contribution in [0.2, 0.25) is 0 Å². The van der Waals surface area contributed by atoms with Crippen LogP contribution in [-0.2, 0) is 13.0 Å². The maximum atomic E-state index is 13.3. The highest BCUT2D eigenvalue weighted by atomic mass is 19.1. The number of hydrogen-bond acceptors (Lipinski definition) is 2. The van der Waals surface area contributed by atoms with Crippen molar-refractivity contribution in [1.82, 2.24) is 9.88 Å². The molecule has 1 aromatic carbocycles. The van der Waals surface area contributed by atoms with Crippen molar-refractivity contribution >= 4 is 11.7 Å². The average Bonchev–Trinajstić information content (AvgIpc) is 2.83. The van der Waals surface area contributed by atoms with E-state index in [9.17, 15) is 14.0 Å². The maximum absolute atomic E-state index is 13.3. The van der Waals surface area contributed by atoms with Gasteiger partial charge in [0.15, 0.2) is 5.78 Å². The molecule has 4 nitrogen and oxygen atoms in total. The van der Waals surface area contributed by atoms with Crippen LogP contribution in [0.1, 0.15) is 57.9 Å². The van der Waals surface area contributed by atoms with E-state index in [0.717, 1.165) is 17.5 Å². The molecule has 1 N–H and O–H groups in total. The first-order valence-corrected chi connectivity index (χ1v) is 8.07. The van der Waals surface area contributed by atoms with Crippen molar-refractivity contribution in [3.05, 3.63) is 58.2 Å². The van der Waals surface area contributed by atoms with Crippen molar-refractivity contribution in [2.45, 2.75) is 40.2 Å². The quantitative estimate of drug-likeness (QED) is 0.817. The molecule has 0 unspecified atom stereocenters. The smallest absolute Gasteiger partial charge is 0.270 e. The lowest BCUT2D eigenvalue weighted by Crippen LogP contribution is -2.27. The third kappa shape index (κ3) is 3.72. The van der Waals surface area contributed by atoms with E-state index in [1.165, 1.54) is 24.0 Å². The molecule has 0 saturated heterocycles. The molecular weight excluding hydrogens is 307 g/mol. The number of aromatic amines is 1. The number of halogens is 1. The van der Waals surface area contributed by atoms with Gasteiger partial charge in [0, 0.05) is 24.8 Å². The SMILES string of the molecule is CCCc1c(C(=O)N(C)Cc2cccc(F)c2)[nH]c(C)c1C(C)=O. The van der Waals surface area contributed by atoms with Crippen LogP contribution in [0.4, 0.5) is 4.39 Å². The van der Waals surface area contributed by atoms with E-state index in [4.69, 9.17) is 0 Å². The van der Waals surface area contributed by atoms with E-state index in [0.29, 0.717) is 29.9 Å². The van der Waals surface area contributed by atoms with Gasteiger partial charge in [-0.15, -0.1) is 0 Å². The molecular formula is C19H23FN2O2. The number of amides is 1. The second-order valence-corrected chi connectivity index (χ2v) is 6.08. The molecule has 1 aromatic heterocycles. The van der Waals surface area contributed by atoms with Crippen LogP contribution in [0.3, 0.4) is 0 Å². The molecule has 24 heavy (non-hydrogen) atoms. The Morgan fingerprint density at radius 1 is 1.29 bits per heavy atom. The number of Topliss-reactive ketones (excluding diaryl/α,β-unsaturated/α-hetero) is 1. The molecule has 2 aromatic rings. The first kappa shape index (κ1) is 17.9.